The number of ether oxygens (including phenoxy) is 2. The minimum Gasteiger partial charge on any atom is -0.465 e. The van der Waals surface area contributed by atoms with Gasteiger partial charge in [-0.15, -0.1) is 0 Å². The number of aliphatic imine (C=N–C) groups is 1. The van der Waals surface area contributed by atoms with Crippen LogP contribution in [0.2, 0.25) is 0 Å². The first-order chi connectivity index (χ1) is 9.99. The molecule has 0 aliphatic rings. The predicted molar refractivity (Wildman–Crippen MR) is 79.0 cm³/mol. The van der Waals surface area contributed by atoms with Crippen molar-refractivity contribution in [1.82, 2.24) is 0 Å². The number of carbonyl (C=O) groups is 2. The fraction of sp³-hybridized carbons (Fsp3) is 0.357. The van der Waals surface area contributed by atoms with Gasteiger partial charge in [0.15, 0.2) is 5.92 Å². The van der Waals surface area contributed by atoms with Crippen LogP contribution in [0.4, 0.5) is 10.1 Å². The second-order valence-electron chi connectivity index (χ2n) is 3.86. The van der Waals surface area contributed by atoms with Crippen LogP contribution in [-0.2, 0) is 19.1 Å². The molecular weight excluding hydrogens is 345 g/mol. The van der Waals surface area contributed by atoms with E-state index in [-0.39, 0.29) is 18.9 Å². The van der Waals surface area contributed by atoms with E-state index in [1.807, 2.05) is 0 Å². The first-order valence-corrected chi connectivity index (χ1v) is 7.11. The molecule has 0 amide bonds. The van der Waals surface area contributed by atoms with Crippen molar-refractivity contribution in [3.63, 3.8) is 0 Å². The highest BCUT2D eigenvalue weighted by atomic mass is 79.9. The van der Waals surface area contributed by atoms with E-state index in [0.717, 1.165) is 6.21 Å². The van der Waals surface area contributed by atoms with Gasteiger partial charge in [0, 0.05) is 12.3 Å². The lowest BCUT2D eigenvalue weighted by molar-refractivity contribution is -0.157. The first kappa shape index (κ1) is 17.3. The lowest BCUT2D eigenvalue weighted by atomic mass is 10.1. The Balaban J connectivity index is 2.93. The first-order valence-electron chi connectivity index (χ1n) is 6.32. The van der Waals surface area contributed by atoms with Crippen molar-refractivity contribution in [1.29, 1.82) is 0 Å². The van der Waals surface area contributed by atoms with Crippen molar-refractivity contribution in [2.45, 2.75) is 13.8 Å². The molecule has 21 heavy (non-hydrogen) atoms. The van der Waals surface area contributed by atoms with Gasteiger partial charge in [0.05, 0.1) is 23.4 Å². The summed E-state index contributed by atoms with van der Waals surface area (Å²) in [5.74, 6) is -3.26. The quantitative estimate of drug-likeness (QED) is 0.444. The molecule has 0 aliphatic heterocycles. The van der Waals surface area contributed by atoms with Gasteiger partial charge in [-0.1, -0.05) is 0 Å². The van der Waals surface area contributed by atoms with Crippen LogP contribution in [0.3, 0.4) is 0 Å². The summed E-state index contributed by atoms with van der Waals surface area (Å²) in [6.07, 6.45) is 1.10. The van der Waals surface area contributed by atoms with Crippen molar-refractivity contribution < 1.29 is 23.5 Å². The van der Waals surface area contributed by atoms with E-state index in [1.54, 1.807) is 13.8 Å². The summed E-state index contributed by atoms with van der Waals surface area (Å²) in [6, 6.07) is 4.19. The molecule has 0 heterocycles. The van der Waals surface area contributed by atoms with E-state index in [9.17, 15) is 14.0 Å². The minimum atomic E-state index is -1.27. The maximum absolute atomic E-state index is 13.4. The van der Waals surface area contributed by atoms with Crippen molar-refractivity contribution >= 4 is 39.8 Å². The number of hydrogen-bond donors (Lipinski definition) is 0. The van der Waals surface area contributed by atoms with E-state index in [4.69, 9.17) is 9.47 Å². The zero-order valence-corrected chi connectivity index (χ0v) is 13.2. The normalized spacial score (nSPS) is 10.9. The van der Waals surface area contributed by atoms with Crippen LogP contribution >= 0.6 is 15.9 Å². The number of halogens is 2. The van der Waals surface area contributed by atoms with Gasteiger partial charge in [0.1, 0.15) is 5.82 Å². The van der Waals surface area contributed by atoms with E-state index in [1.165, 1.54) is 18.2 Å². The average Bonchev–Trinajstić information content (AvgIpc) is 2.43. The summed E-state index contributed by atoms with van der Waals surface area (Å²) in [5.41, 5.74) is 0.272. The monoisotopic (exact) mass is 359 g/mol. The van der Waals surface area contributed by atoms with Crippen molar-refractivity contribution in [2.75, 3.05) is 13.2 Å². The second kappa shape index (κ2) is 8.51. The summed E-state index contributed by atoms with van der Waals surface area (Å²) >= 11 is 3.02. The number of esters is 2. The molecule has 0 N–H and O–H groups in total. The zero-order valence-electron chi connectivity index (χ0n) is 11.6. The number of rotatable bonds is 6. The molecule has 0 fully saturated rings. The lowest BCUT2D eigenvalue weighted by Gasteiger charge is -2.10. The lowest BCUT2D eigenvalue weighted by Crippen LogP contribution is -2.29. The van der Waals surface area contributed by atoms with Gasteiger partial charge in [-0.05, 0) is 41.9 Å². The summed E-state index contributed by atoms with van der Waals surface area (Å²) in [5, 5.41) is 0. The van der Waals surface area contributed by atoms with Gasteiger partial charge < -0.3 is 9.47 Å². The van der Waals surface area contributed by atoms with Gasteiger partial charge in [-0.3, -0.25) is 14.6 Å². The molecule has 0 aromatic heterocycles. The molecule has 0 spiro atoms. The number of nitrogens with zero attached hydrogens (tertiary/aromatic N) is 1. The molecule has 1 aromatic carbocycles. The maximum atomic E-state index is 13.4. The van der Waals surface area contributed by atoms with Crippen LogP contribution < -0.4 is 0 Å². The van der Waals surface area contributed by atoms with E-state index < -0.39 is 23.7 Å². The number of carbonyl (C=O) groups excluding carboxylic acids is 2. The number of benzene rings is 1. The molecule has 0 aliphatic carbocycles. The summed E-state index contributed by atoms with van der Waals surface area (Å²) in [4.78, 5) is 27.3. The molecule has 0 atom stereocenters. The Bertz CT molecular complexity index is 530. The van der Waals surface area contributed by atoms with Crippen LogP contribution in [0.1, 0.15) is 13.8 Å². The zero-order chi connectivity index (χ0) is 15.8. The fourth-order valence-corrected chi connectivity index (χ4v) is 1.65. The molecule has 1 aromatic rings. The third-order valence-electron chi connectivity index (χ3n) is 2.36. The molecule has 5 nitrogen and oxygen atoms in total. The predicted octanol–water partition coefficient (Wildman–Crippen LogP) is 3.03. The van der Waals surface area contributed by atoms with Crippen molar-refractivity contribution in [2.24, 2.45) is 10.9 Å². The Morgan fingerprint density at radius 1 is 1.29 bits per heavy atom. The molecular formula is C14H15BrFNO4. The third-order valence-corrected chi connectivity index (χ3v) is 3.00. The molecule has 0 saturated carbocycles. The van der Waals surface area contributed by atoms with Crippen molar-refractivity contribution in [3.8, 4) is 0 Å². The summed E-state index contributed by atoms with van der Waals surface area (Å²) < 4.78 is 23.2. The summed E-state index contributed by atoms with van der Waals surface area (Å²) in [7, 11) is 0. The van der Waals surface area contributed by atoms with Crippen LogP contribution in [0, 0.1) is 11.7 Å². The van der Waals surface area contributed by atoms with E-state index >= 15 is 0 Å². The Hall–Kier alpha value is -1.76. The molecule has 0 saturated heterocycles. The highest BCUT2D eigenvalue weighted by Crippen LogP contribution is 2.21. The fourth-order valence-electron chi connectivity index (χ4n) is 1.41. The molecule has 7 heteroatoms. The van der Waals surface area contributed by atoms with Crippen LogP contribution in [0.25, 0.3) is 0 Å². The Labute approximate surface area is 130 Å². The topological polar surface area (TPSA) is 65.0 Å². The van der Waals surface area contributed by atoms with E-state index in [2.05, 4.69) is 20.9 Å². The van der Waals surface area contributed by atoms with Gasteiger partial charge in [-0.2, -0.15) is 0 Å². The van der Waals surface area contributed by atoms with Crippen LogP contribution in [0.15, 0.2) is 27.7 Å². The molecule has 0 bridgehead atoms. The highest BCUT2D eigenvalue weighted by Gasteiger charge is 2.27. The maximum Gasteiger partial charge on any atom is 0.325 e. The SMILES string of the molecule is CCOC(=O)C(C=Nc1ccc(Br)c(F)c1)C(=O)OCC. The largest absolute Gasteiger partial charge is 0.465 e. The standard InChI is InChI=1S/C14H15BrFNO4/c1-3-20-13(18)10(14(19)21-4-2)8-17-9-5-6-11(15)12(16)7-9/h5-8,10H,3-4H2,1-2H3. The second-order valence-corrected chi connectivity index (χ2v) is 4.71. The van der Waals surface area contributed by atoms with Crippen molar-refractivity contribution in [3.05, 3.63) is 28.5 Å². The molecule has 114 valence electrons. The smallest absolute Gasteiger partial charge is 0.325 e. The van der Waals surface area contributed by atoms with Gasteiger partial charge in [0.25, 0.3) is 0 Å². The van der Waals surface area contributed by atoms with Crippen LogP contribution in [-0.4, -0.2) is 31.4 Å². The van der Waals surface area contributed by atoms with Gasteiger partial charge in [0.2, 0.25) is 0 Å². The minimum absolute atomic E-state index is 0.134. The molecule has 1 rings (SSSR count). The number of hydrogen-bond acceptors (Lipinski definition) is 5. The third kappa shape index (κ3) is 5.26. The van der Waals surface area contributed by atoms with Crippen LogP contribution in [0.5, 0.6) is 0 Å². The summed E-state index contributed by atoms with van der Waals surface area (Å²) in [6.45, 7) is 3.52. The Morgan fingerprint density at radius 2 is 1.86 bits per heavy atom. The Kier molecular flexibility index (Phi) is 7.01. The van der Waals surface area contributed by atoms with E-state index in [0.29, 0.717) is 4.47 Å². The molecule has 0 radical (unpaired) electrons. The highest BCUT2D eigenvalue weighted by molar-refractivity contribution is 9.10. The van der Waals surface area contributed by atoms with Gasteiger partial charge in [-0.25, -0.2) is 4.39 Å². The average molecular weight is 360 g/mol. The Morgan fingerprint density at radius 3 is 2.33 bits per heavy atom. The molecule has 0 unspecified atom stereocenters. The van der Waals surface area contributed by atoms with Gasteiger partial charge >= 0.3 is 11.9 Å².